The maximum Gasteiger partial charge on any atom is 0.371 e. The van der Waals surface area contributed by atoms with Crippen molar-refractivity contribution in [2.45, 2.75) is 29.4 Å². The van der Waals surface area contributed by atoms with Gasteiger partial charge >= 0.3 is 5.97 Å². The van der Waals surface area contributed by atoms with Gasteiger partial charge in [-0.05, 0) is 12.1 Å². The first kappa shape index (κ1) is 14.4. The van der Waals surface area contributed by atoms with Crippen molar-refractivity contribution in [2.24, 2.45) is 0 Å². The molecule has 0 spiro atoms. The number of carboxylic acid groups (broad SMARTS) is 1. The minimum Gasteiger partial charge on any atom is -0.475 e. The molecule has 2 atom stereocenters. The lowest BCUT2D eigenvalue weighted by molar-refractivity contribution is 0.0656. The van der Waals surface area contributed by atoms with Gasteiger partial charge in [-0.2, -0.15) is 16.1 Å². The van der Waals surface area contributed by atoms with Crippen molar-refractivity contribution in [2.75, 3.05) is 13.1 Å². The molecule has 19 heavy (non-hydrogen) atoms. The first-order valence-electron chi connectivity index (χ1n) is 5.79. The van der Waals surface area contributed by atoms with Gasteiger partial charge < -0.3 is 9.52 Å². The van der Waals surface area contributed by atoms with Crippen LogP contribution in [0.25, 0.3) is 0 Å². The Balaban J connectivity index is 2.28. The Labute approximate surface area is 115 Å². The standard InChI is InChI=1S/C11H15NO5S2/c1-7-5-12(6-8(2)18-7)19(15,16)10-4-3-9(17-10)11(13)14/h3-4,7-8H,5-6H2,1-2H3,(H,13,14). The van der Waals surface area contributed by atoms with Gasteiger partial charge in [0.05, 0.1) is 0 Å². The summed E-state index contributed by atoms with van der Waals surface area (Å²) in [6.45, 7) is 4.74. The molecule has 0 bridgehead atoms. The average Bonchev–Trinajstić information content (AvgIpc) is 2.77. The molecule has 1 aliphatic rings. The van der Waals surface area contributed by atoms with E-state index in [2.05, 4.69) is 0 Å². The predicted molar refractivity (Wildman–Crippen MR) is 70.9 cm³/mol. The van der Waals surface area contributed by atoms with Gasteiger partial charge in [-0.15, -0.1) is 0 Å². The number of carbonyl (C=O) groups is 1. The van der Waals surface area contributed by atoms with Crippen molar-refractivity contribution >= 4 is 27.8 Å². The zero-order chi connectivity index (χ0) is 14.2. The summed E-state index contributed by atoms with van der Waals surface area (Å²) in [5.41, 5.74) is 0. The molecule has 6 nitrogen and oxygen atoms in total. The maximum absolute atomic E-state index is 12.3. The van der Waals surface area contributed by atoms with E-state index in [0.29, 0.717) is 13.1 Å². The van der Waals surface area contributed by atoms with Gasteiger partial charge in [0.25, 0.3) is 10.0 Å². The topological polar surface area (TPSA) is 87.8 Å². The van der Waals surface area contributed by atoms with Crippen molar-refractivity contribution in [3.63, 3.8) is 0 Å². The molecule has 0 amide bonds. The largest absolute Gasteiger partial charge is 0.475 e. The maximum atomic E-state index is 12.3. The first-order chi connectivity index (χ1) is 8.80. The highest BCUT2D eigenvalue weighted by Crippen LogP contribution is 2.29. The molecule has 1 aromatic rings. The Hall–Kier alpha value is -0.990. The third kappa shape index (κ3) is 2.96. The Bertz CT molecular complexity index is 570. The van der Waals surface area contributed by atoms with E-state index < -0.39 is 16.0 Å². The summed E-state index contributed by atoms with van der Waals surface area (Å²) in [5.74, 6) is -1.65. The summed E-state index contributed by atoms with van der Waals surface area (Å²) in [4.78, 5) is 10.7. The quantitative estimate of drug-likeness (QED) is 0.910. The highest BCUT2D eigenvalue weighted by Gasteiger charge is 2.34. The van der Waals surface area contributed by atoms with Gasteiger partial charge in [-0.3, -0.25) is 0 Å². The van der Waals surface area contributed by atoms with Crippen LogP contribution in [-0.2, 0) is 10.0 Å². The second kappa shape index (κ2) is 5.18. The van der Waals surface area contributed by atoms with Crippen LogP contribution < -0.4 is 0 Å². The highest BCUT2D eigenvalue weighted by atomic mass is 32.2. The normalized spacial score (nSPS) is 25.4. The van der Waals surface area contributed by atoms with Crippen LogP contribution in [-0.4, -0.2) is 47.4 Å². The molecule has 106 valence electrons. The third-order valence-electron chi connectivity index (χ3n) is 2.77. The van der Waals surface area contributed by atoms with Crippen LogP contribution in [0.1, 0.15) is 24.4 Å². The second-order valence-corrected chi connectivity index (χ2v) is 8.25. The van der Waals surface area contributed by atoms with Crippen LogP contribution in [0.3, 0.4) is 0 Å². The van der Waals surface area contributed by atoms with Crippen LogP contribution in [0, 0.1) is 0 Å². The molecule has 0 radical (unpaired) electrons. The summed E-state index contributed by atoms with van der Waals surface area (Å²) in [5, 5.41) is 8.85. The van der Waals surface area contributed by atoms with Crippen molar-refractivity contribution in [3.8, 4) is 0 Å². The molecule has 1 saturated heterocycles. The van der Waals surface area contributed by atoms with Gasteiger partial charge in [0.15, 0.2) is 0 Å². The van der Waals surface area contributed by atoms with Crippen molar-refractivity contribution in [1.82, 2.24) is 4.31 Å². The fourth-order valence-electron chi connectivity index (χ4n) is 2.03. The lowest BCUT2D eigenvalue weighted by atomic mass is 10.4. The summed E-state index contributed by atoms with van der Waals surface area (Å²) in [7, 11) is -3.75. The van der Waals surface area contributed by atoms with Crippen LogP contribution in [0.5, 0.6) is 0 Å². The fraction of sp³-hybridized carbons (Fsp3) is 0.545. The SMILES string of the molecule is CC1CN(S(=O)(=O)c2ccc(C(=O)O)o2)CC(C)S1. The van der Waals surface area contributed by atoms with E-state index in [9.17, 15) is 13.2 Å². The van der Waals surface area contributed by atoms with E-state index in [1.807, 2.05) is 13.8 Å². The van der Waals surface area contributed by atoms with Crippen molar-refractivity contribution in [1.29, 1.82) is 0 Å². The molecule has 1 aliphatic heterocycles. The van der Waals surface area contributed by atoms with Gasteiger partial charge in [0.1, 0.15) is 0 Å². The lowest BCUT2D eigenvalue weighted by Gasteiger charge is -2.32. The number of nitrogens with zero attached hydrogens (tertiary/aromatic N) is 1. The van der Waals surface area contributed by atoms with Crippen LogP contribution in [0.15, 0.2) is 21.6 Å². The van der Waals surface area contributed by atoms with Crippen molar-refractivity contribution in [3.05, 3.63) is 17.9 Å². The summed E-state index contributed by atoms with van der Waals surface area (Å²) < 4.78 is 30.9. The summed E-state index contributed by atoms with van der Waals surface area (Å²) in [6, 6.07) is 2.34. The number of sulfonamides is 1. The van der Waals surface area contributed by atoms with Crippen LogP contribution >= 0.6 is 11.8 Å². The Morgan fingerprint density at radius 3 is 2.42 bits per heavy atom. The Morgan fingerprint density at radius 1 is 1.37 bits per heavy atom. The third-order valence-corrected chi connectivity index (χ3v) is 5.71. The molecule has 2 heterocycles. The molecule has 1 N–H and O–H groups in total. The van der Waals surface area contributed by atoms with Gasteiger partial charge in [0, 0.05) is 23.6 Å². The van der Waals surface area contributed by atoms with Crippen LogP contribution in [0.4, 0.5) is 0 Å². The van der Waals surface area contributed by atoms with E-state index in [1.54, 1.807) is 11.8 Å². The van der Waals surface area contributed by atoms with E-state index >= 15 is 0 Å². The lowest BCUT2D eigenvalue weighted by Crippen LogP contribution is -2.43. The zero-order valence-corrected chi connectivity index (χ0v) is 12.2. The second-order valence-electron chi connectivity index (χ2n) is 4.50. The Kier molecular flexibility index (Phi) is 3.93. The molecule has 2 unspecified atom stereocenters. The van der Waals surface area contributed by atoms with E-state index in [-0.39, 0.29) is 21.4 Å². The number of carboxylic acids is 1. The minimum atomic E-state index is -3.75. The number of aromatic carboxylic acids is 1. The molecule has 1 fully saturated rings. The molecular weight excluding hydrogens is 290 g/mol. The molecule has 0 aromatic carbocycles. The molecular formula is C11H15NO5S2. The molecule has 0 saturated carbocycles. The van der Waals surface area contributed by atoms with Gasteiger partial charge in [-0.1, -0.05) is 13.8 Å². The number of rotatable bonds is 3. The fourth-order valence-corrected chi connectivity index (χ4v) is 5.07. The number of hydrogen-bond acceptors (Lipinski definition) is 5. The van der Waals surface area contributed by atoms with Crippen molar-refractivity contribution < 1.29 is 22.7 Å². The number of furan rings is 1. The summed E-state index contributed by atoms with van der Waals surface area (Å²) in [6.07, 6.45) is 0. The first-order valence-corrected chi connectivity index (χ1v) is 8.17. The van der Waals surface area contributed by atoms with E-state index in [1.165, 1.54) is 10.4 Å². The molecule has 1 aromatic heterocycles. The Morgan fingerprint density at radius 2 is 1.95 bits per heavy atom. The number of thioether (sulfide) groups is 1. The minimum absolute atomic E-state index is 0.201. The molecule has 2 rings (SSSR count). The number of hydrogen-bond donors (Lipinski definition) is 1. The van der Waals surface area contributed by atoms with Gasteiger partial charge in [0.2, 0.25) is 10.9 Å². The molecule has 0 aliphatic carbocycles. The van der Waals surface area contributed by atoms with E-state index in [0.717, 1.165) is 6.07 Å². The van der Waals surface area contributed by atoms with Crippen LogP contribution in [0.2, 0.25) is 0 Å². The average molecular weight is 305 g/mol. The summed E-state index contributed by atoms with van der Waals surface area (Å²) >= 11 is 1.74. The van der Waals surface area contributed by atoms with Gasteiger partial charge in [-0.25, -0.2) is 13.2 Å². The zero-order valence-electron chi connectivity index (χ0n) is 10.6. The molecule has 8 heteroatoms. The monoisotopic (exact) mass is 305 g/mol. The van der Waals surface area contributed by atoms with E-state index in [4.69, 9.17) is 9.52 Å². The smallest absolute Gasteiger partial charge is 0.371 e. The predicted octanol–water partition coefficient (Wildman–Crippen LogP) is 1.49. The highest BCUT2D eigenvalue weighted by molar-refractivity contribution is 8.00.